The predicted octanol–water partition coefficient (Wildman–Crippen LogP) is 2.98. The van der Waals surface area contributed by atoms with Crippen LogP contribution in [0.25, 0.3) is 11.3 Å². The number of benzene rings is 1. The Labute approximate surface area is 122 Å². The number of nitrogens with zero attached hydrogens (tertiary/aromatic N) is 2. The van der Waals surface area contributed by atoms with Crippen molar-refractivity contribution in [3.05, 3.63) is 41.6 Å². The fraction of sp³-hybridized carbons (Fsp3) is 0.154. The number of nitrogens with two attached hydrogens (primary N) is 1. The molecule has 0 radical (unpaired) electrons. The van der Waals surface area contributed by atoms with Gasteiger partial charge in [0.05, 0.1) is 5.69 Å². The van der Waals surface area contributed by atoms with E-state index in [0.29, 0.717) is 5.56 Å². The molecule has 0 saturated carbocycles. The van der Waals surface area contributed by atoms with E-state index in [4.69, 9.17) is 5.73 Å². The molecule has 1 aromatic carbocycles. The third-order valence-corrected chi connectivity index (χ3v) is 3.17. The summed E-state index contributed by atoms with van der Waals surface area (Å²) in [7, 11) is 0. The van der Waals surface area contributed by atoms with Gasteiger partial charge in [-0.25, -0.2) is 9.97 Å². The zero-order chi connectivity index (χ0) is 15.6. The second-order valence-electron chi connectivity index (χ2n) is 4.07. The first-order valence-corrected chi connectivity index (χ1v) is 6.94. The summed E-state index contributed by atoms with van der Waals surface area (Å²) in [5.41, 5.74) is 4.79. The molecule has 0 aliphatic carbocycles. The number of thioether (sulfide) groups is 1. The number of halogens is 3. The third-order valence-electron chi connectivity index (χ3n) is 2.62. The Hall–Kier alpha value is -2.09. The second-order valence-corrected chi connectivity index (χ2v) is 4.84. The van der Waals surface area contributed by atoms with Gasteiger partial charge in [0, 0.05) is 11.1 Å². The van der Waals surface area contributed by atoms with Gasteiger partial charge in [-0.3, -0.25) is 4.79 Å². The maximum atomic E-state index is 12.8. The van der Waals surface area contributed by atoms with Crippen LogP contribution in [-0.4, -0.2) is 22.1 Å². The van der Waals surface area contributed by atoms with Gasteiger partial charge in [-0.2, -0.15) is 13.2 Å². The molecule has 8 heteroatoms. The van der Waals surface area contributed by atoms with Gasteiger partial charge in [0.2, 0.25) is 5.91 Å². The lowest BCUT2D eigenvalue weighted by Crippen LogP contribution is -2.11. The molecular weight excluding hydrogens is 303 g/mol. The molecule has 0 fully saturated rings. The van der Waals surface area contributed by atoms with Crippen LogP contribution in [0.3, 0.4) is 0 Å². The first-order valence-electron chi connectivity index (χ1n) is 5.72. The van der Waals surface area contributed by atoms with Crippen LogP contribution < -0.4 is 5.73 Å². The molecule has 0 saturated heterocycles. The Morgan fingerprint density at radius 1 is 1.24 bits per heavy atom. The van der Waals surface area contributed by atoms with E-state index in [1.165, 1.54) is 18.2 Å². The molecule has 4 nitrogen and oxygen atoms in total. The average Bonchev–Trinajstić information content (AvgIpc) is 2.46. The van der Waals surface area contributed by atoms with E-state index in [9.17, 15) is 18.0 Å². The molecule has 0 aliphatic heterocycles. The van der Waals surface area contributed by atoms with Gasteiger partial charge in [0.25, 0.3) is 0 Å². The van der Waals surface area contributed by atoms with Crippen LogP contribution in [0.1, 0.15) is 16.1 Å². The Morgan fingerprint density at radius 2 is 1.95 bits per heavy atom. The molecule has 0 atom stereocenters. The van der Waals surface area contributed by atoms with Gasteiger partial charge in [-0.1, -0.05) is 23.9 Å². The number of rotatable bonds is 3. The van der Waals surface area contributed by atoms with E-state index in [1.54, 1.807) is 12.3 Å². The molecule has 0 bridgehead atoms. The SMILES string of the molecule is CSc1nc(-c2cccc(C(N)=O)c2)cc(C(F)(F)F)n1. The number of hydrogen-bond acceptors (Lipinski definition) is 4. The fourth-order valence-corrected chi connectivity index (χ4v) is 2.02. The quantitative estimate of drug-likeness (QED) is 0.698. The lowest BCUT2D eigenvalue weighted by molar-refractivity contribution is -0.141. The Kier molecular flexibility index (Phi) is 4.17. The van der Waals surface area contributed by atoms with Crippen LogP contribution in [-0.2, 0) is 6.18 Å². The molecule has 1 heterocycles. The topological polar surface area (TPSA) is 68.9 Å². The van der Waals surface area contributed by atoms with Crippen molar-refractivity contribution in [2.45, 2.75) is 11.3 Å². The molecule has 21 heavy (non-hydrogen) atoms. The molecule has 110 valence electrons. The molecule has 0 aliphatic rings. The van der Waals surface area contributed by atoms with Crippen LogP contribution >= 0.6 is 11.8 Å². The first kappa shape index (κ1) is 15.3. The van der Waals surface area contributed by atoms with Gasteiger partial charge in [-0.05, 0) is 24.5 Å². The van der Waals surface area contributed by atoms with Crippen molar-refractivity contribution in [1.29, 1.82) is 0 Å². The van der Waals surface area contributed by atoms with Crippen LogP contribution in [0.2, 0.25) is 0 Å². The molecule has 2 aromatic rings. The van der Waals surface area contributed by atoms with Crippen molar-refractivity contribution in [2.75, 3.05) is 6.26 Å². The summed E-state index contributed by atoms with van der Waals surface area (Å²) < 4.78 is 38.5. The maximum absolute atomic E-state index is 12.8. The normalized spacial score (nSPS) is 11.4. The smallest absolute Gasteiger partial charge is 0.366 e. The Balaban J connectivity index is 2.58. The number of alkyl halides is 3. The van der Waals surface area contributed by atoms with E-state index in [1.807, 2.05) is 0 Å². The Bertz CT molecular complexity index is 689. The minimum Gasteiger partial charge on any atom is -0.366 e. The van der Waals surface area contributed by atoms with Gasteiger partial charge in [0.1, 0.15) is 5.69 Å². The molecule has 0 unspecified atom stereocenters. The highest BCUT2D eigenvalue weighted by Crippen LogP contribution is 2.31. The van der Waals surface area contributed by atoms with E-state index >= 15 is 0 Å². The molecule has 1 amide bonds. The minimum atomic E-state index is -4.57. The first-order chi connectivity index (χ1) is 9.81. The number of carbonyl (C=O) groups is 1. The van der Waals surface area contributed by atoms with Crippen molar-refractivity contribution in [3.8, 4) is 11.3 Å². The molecular formula is C13H10F3N3OS. The molecule has 0 spiro atoms. The van der Waals surface area contributed by atoms with Gasteiger partial charge >= 0.3 is 6.18 Å². The van der Waals surface area contributed by atoms with Crippen molar-refractivity contribution in [2.24, 2.45) is 5.73 Å². The number of amides is 1. The summed E-state index contributed by atoms with van der Waals surface area (Å²) >= 11 is 1.00. The van der Waals surface area contributed by atoms with E-state index < -0.39 is 17.8 Å². The van der Waals surface area contributed by atoms with Crippen molar-refractivity contribution < 1.29 is 18.0 Å². The standard InChI is InChI=1S/C13H10F3N3OS/c1-21-12-18-9(6-10(19-12)13(14,15)16)7-3-2-4-8(5-7)11(17)20/h2-6H,1H3,(H2,17,20). The summed E-state index contributed by atoms with van der Waals surface area (Å²) in [6.45, 7) is 0. The number of carbonyl (C=O) groups excluding carboxylic acids is 1. The average molecular weight is 313 g/mol. The van der Waals surface area contributed by atoms with Crippen molar-refractivity contribution in [3.63, 3.8) is 0 Å². The summed E-state index contributed by atoms with van der Waals surface area (Å²) in [6.07, 6.45) is -2.98. The highest BCUT2D eigenvalue weighted by Gasteiger charge is 2.33. The minimum absolute atomic E-state index is 0.00398. The van der Waals surface area contributed by atoms with Gasteiger partial charge in [-0.15, -0.1) is 0 Å². The third kappa shape index (κ3) is 3.52. The maximum Gasteiger partial charge on any atom is 0.433 e. The van der Waals surface area contributed by atoms with E-state index in [2.05, 4.69) is 9.97 Å². The summed E-state index contributed by atoms with van der Waals surface area (Å²) in [5, 5.41) is 0.00398. The van der Waals surface area contributed by atoms with Gasteiger partial charge in [0.15, 0.2) is 5.16 Å². The summed E-state index contributed by atoms with van der Waals surface area (Å²) in [6, 6.07) is 6.81. The van der Waals surface area contributed by atoms with Crippen LogP contribution in [0, 0.1) is 0 Å². The van der Waals surface area contributed by atoms with Crippen molar-refractivity contribution >= 4 is 17.7 Å². The lowest BCUT2D eigenvalue weighted by Gasteiger charge is -2.10. The summed E-state index contributed by atoms with van der Waals surface area (Å²) in [5.74, 6) is -0.660. The molecule has 2 N–H and O–H groups in total. The van der Waals surface area contributed by atoms with Crippen molar-refractivity contribution in [1.82, 2.24) is 9.97 Å². The number of primary amides is 1. The fourth-order valence-electron chi connectivity index (χ4n) is 1.64. The summed E-state index contributed by atoms with van der Waals surface area (Å²) in [4.78, 5) is 18.6. The van der Waals surface area contributed by atoms with E-state index in [0.717, 1.165) is 17.8 Å². The predicted molar refractivity (Wildman–Crippen MR) is 72.8 cm³/mol. The van der Waals surface area contributed by atoms with E-state index in [-0.39, 0.29) is 16.4 Å². The largest absolute Gasteiger partial charge is 0.433 e. The Morgan fingerprint density at radius 3 is 2.52 bits per heavy atom. The molecule has 1 aromatic heterocycles. The lowest BCUT2D eigenvalue weighted by atomic mass is 10.1. The highest BCUT2D eigenvalue weighted by atomic mass is 32.2. The zero-order valence-electron chi connectivity index (χ0n) is 10.8. The molecule has 2 rings (SSSR count). The van der Waals surface area contributed by atoms with Crippen LogP contribution in [0.5, 0.6) is 0 Å². The van der Waals surface area contributed by atoms with Crippen LogP contribution in [0.15, 0.2) is 35.5 Å². The number of aromatic nitrogens is 2. The van der Waals surface area contributed by atoms with Gasteiger partial charge < -0.3 is 5.73 Å². The highest BCUT2D eigenvalue weighted by molar-refractivity contribution is 7.98. The second kappa shape index (κ2) is 5.72. The number of hydrogen-bond donors (Lipinski definition) is 1. The van der Waals surface area contributed by atoms with Crippen LogP contribution in [0.4, 0.5) is 13.2 Å². The zero-order valence-corrected chi connectivity index (χ0v) is 11.6. The monoisotopic (exact) mass is 313 g/mol.